The second-order valence-corrected chi connectivity index (χ2v) is 33.8. The van der Waals surface area contributed by atoms with Crippen LogP contribution in [0.4, 0.5) is 0 Å². The number of phosphoric ester groups is 1. The second kappa shape index (κ2) is 80.8. The van der Waals surface area contributed by atoms with Gasteiger partial charge in [0.1, 0.15) is 19.8 Å². The smallest absolute Gasteiger partial charge is 0.462 e. The zero-order valence-corrected chi connectivity index (χ0v) is 68.7. The van der Waals surface area contributed by atoms with E-state index in [0.29, 0.717) is 17.4 Å². The maximum absolute atomic E-state index is 12.9. The van der Waals surface area contributed by atoms with Crippen LogP contribution in [-0.4, -0.2) is 74.9 Å². The summed E-state index contributed by atoms with van der Waals surface area (Å²) >= 11 is 0. The molecule has 0 fully saturated rings. The Balaban J connectivity index is 3.82. The maximum Gasteiger partial charge on any atom is 0.472 e. The minimum Gasteiger partial charge on any atom is -0.462 e. The van der Waals surface area contributed by atoms with Crippen LogP contribution in [0, 0.1) is 0 Å². The summed E-state index contributed by atoms with van der Waals surface area (Å²) in [5.41, 5.74) is 0. The number of rotatable bonds is 86. The number of carbonyl (C=O) groups excluding carboxylic acids is 2. The fourth-order valence-electron chi connectivity index (χ4n) is 14.2. The van der Waals surface area contributed by atoms with Crippen LogP contribution in [0.1, 0.15) is 495 Å². The molecule has 0 radical (unpaired) electrons. The molecule has 0 aliphatic heterocycles. The van der Waals surface area contributed by atoms with E-state index in [2.05, 4.69) is 26.0 Å². The summed E-state index contributed by atoms with van der Waals surface area (Å²) in [5.74, 6) is -0.764. The molecule has 0 spiro atoms. The minimum atomic E-state index is -4.39. The first-order valence-corrected chi connectivity index (χ1v) is 46.4. The number of carbonyl (C=O) groups is 2. The van der Waals surface area contributed by atoms with Crippen LogP contribution >= 0.6 is 7.82 Å². The van der Waals surface area contributed by atoms with Crippen molar-refractivity contribution in [1.29, 1.82) is 0 Å². The quantitative estimate of drug-likeness (QED) is 0.0211. The Morgan fingerprint density at radius 2 is 0.515 bits per heavy atom. The number of esters is 2. The van der Waals surface area contributed by atoms with Gasteiger partial charge in [0.2, 0.25) is 0 Å². The molecule has 2 unspecified atom stereocenters. The highest BCUT2D eigenvalue weighted by Gasteiger charge is 2.27. The molecule has 99 heavy (non-hydrogen) atoms. The van der Waals surface area contributed by atoms with Crippen LogP contribution in [0.2, 0.25) is 0 Å². The Morgan fingerprint density at radius 1 is 0.303 bits per heavy atom. The number of quaternary nitrogens is 1. The molecule has 10 heteroatoms. The van der Waals surface area contributed by atoms with Crippen LogP contribution < -0.4 is 0 Å². The van der Waals surface area contributed by atoms with Crippen LogP contribution in [0.25, 0.3) is 0 Å². The van der Waals surface area contributed by atoms with E-state index in [1.54, 1.807) is 0 Å². The number of unbranched alkanes of at least 4 members (excludes halogenated alkanes) is 70. The van der Waals surface area contributed by atoms with Gasteiger partial charge in [-0.25, -0.2) is 4.57 Å². The van der Waals surface area contributed by atoms with Gasteiger partial charge in [-0.1, -0.05) is 456 Å². The molecule has 9 nitrogen and oxygen atoms in total. The summed E-state index contributed by atoms with van der Waals surface area (Å²) in [6.45, 7) is 4.54. The van der Waals surface area contributed by atoms with Crippen molar-refractivity contribution >= 4 is 19.8 Å². The lowest BCUT2D eigenvalue weighted by molar-refractivity contribution is -0.870. The molecule has 2 atom stereocenters. The second-order valence-electron chi connectivity index (χ2n) is 32.4. The Kier molecular flexibility index (Phi) is 79.8. The molecular weight excluding hydrogens is 1240 g/mol. The van der Waals surface area contributed by atoms with Crippen molar-refractivity contribution in [2.24, 2.45) is 0 Å². The lowest BCUT2D eigenvalue weighted by atomic mass is 10.0. The molecule has 0 amide bonds. The highest BCUT2D eigenvalue weighted by Crippen LogP contribution is 2.43. The zero-order chi connectivity index (χ0) is 71.8. The van der Waals surface area contributed by atoms with E-state index in [9.17, 15) is 19.0 Å². The number of ether oxygens (including phenoxy) is 2. The predicted molar refractivity (Wildman–Crippen MR) is 432 cm³/mol. The van der Waals surface area contributed by atoms with Crippen molar-refractivity contribution in [3.8, 4) is 0 Å². The molecule has 1 N–H and O–H groups in total. The Bertz CT molecular complexity index is 1670. The van der Waals surface area contributed by atoms with Crippen LogP contribution in [0.3, 0.4) is 0 Å². The van der Waals surface area contributed by atoms with Crippen molar-refractivity contribution in [3.63, 3.8) is 0 Å². The van der Waals surface area contributed by atoms with Gasteiger partial charge in [0.25, 0.3) is 0 Å². The van der Waals surface area contributed by atoms with Gasteiger partial charge >= 0.3 is 19.8 Å². The summed E-state index contributed by atoms with van der Waals surface area (Å²) in [5, 5.41) is 0. The topological polar surface area (TPSA) is 108 Å². The van der Waals surface area contributed by atoms with Crippen molar-refractivity contribution in [2.75, 3.05) is 47.5 Å². The van der Waals surface area contributed by atoms with Gasteiger partial charge in [-0.3, -0.25) is 18.6 Å². The highest BCUT2D eigenvalue weighted by molar-refractivity contribution is 7.47. The van der Waals surface area contributed by atoms with E-state index < -0.39 is 26.5 Å². The van der Waals surface area contributed by atoms with Crippen LogP contribution in [0.15, 0.2) is 12.2 Å². The number of hydrogen-bond acceptors (Lipinski definition) is 7. The van der Waals surface area contributed by atoms with Gasteiger partial charge in [0, 0.05) is 12.8 Å². The molecule has 0 aromatic heterocycles. The van der Waals surface area contributed by atoms with Gasteiger partial charge in [0.05, 0.1) is 27.7 Å². The fourth-order valence-corrected chi connectivity index (χ4v) is 14.9. The number of hydrogen-bond donors (Lipinski definition) is 1. The fraction of sp³-hybridized carbons (Fsp3) is 0.955. The average Bonchev–Trinajstić information content (AvgIpc) is 1.06. The molecular formula is C89H177NO8P+. The Hall–Kier alpha value is -1.25. The molecule has 0 heterocycles. The number of nitrogens with zero attached hydrogens (tertiary/aromatic N) is 1. The number of likely N-dealkylation sites (N-methyl/N-ethyl adjacent to an activating group) is 1. The molecule has 590 valence electrons. The molecule has 0 saturated carbocycles. The van der Waals surface area contributed by atoms with E-state index in [-0.39, 0.29) is 25.6 Å². The third kappa shape index (κ3) is 85.6. The van der Waals surface area contributed by atoms with E-state index in [1.165, 1.54) is 430 Å². The summed E-state index contributed by atoms with van der Waals surface area (Å²) in [6, 6.07) is 0. The monoisotopic (exact) mass is 1420 g/mol. The van der Waals surface area contributed by atoms with Crippen molar-refractivity contribution in [1.82, 2.24) is 0 Å². The molecule has 0 aromatic carbocycles. The van der Waals surface area contributed by atoms with E-state index in [4.69, 9.17) is 18.5 Å². The summed E-state index contributed by atoms with van der Waals surface area (Å²) in [4.78, 5) is 36.1. The maximum atomic E-state index is 12.9. The standard InChI is InChI=1S/C89H176NO8P/c1-6-8-10-12-14-16-18-20-22-24-26-28-30-32-34-36-38-40-42-43-44-45-46-48-49-51-53-55-57-59-61-63-65-67-69-71-73-75-77-79-81-88(91)95-85-87(86-97-99(93,94)96-84-83-90(3,4)5)98-89(92)82-80-78-76-74-72-70-68-66-64-62-60-58-56-54-52-50-47-41-39-37-35-33-31-29-27-25-23-21-19-17-15-13-11-9-7-2/h25,27,87H,6-24,26,28-86H2,1-5H3/p+1/b27-25-. The summed E-state index contributed by atoms with van der Waals surface area (Å²) < 4.78 is 34.9. The third-order valence-corrected chi connectivity index (χ3v) is 22.0. The van der Waals surface area contributed by atoms with Crippen molar-refractivity contribution < 1.29 is 42.1 Å². The molecule has 0 rings (SSSR count). The largest absolute Gasteiger partial charge is 0.472 e. The first-order valence-electron chi connectivity index (χ1n) is 44.9. The predicted octanol–water partition coefficient (Wildman–Crippen LogP) is 30.1. The third-order valence-electron chi connectivity index (χ3n) is 21.0. The van der Waals surface area contributed by atoms with Gasteiger partial charge < -0.3 is 18.9 Å². The molecule has 0 aliphatic carbocycles. The SMILES string of the molecule is CCCCCCCCCC/C=C\CCCCCCCCCCCCCCCCCCCCCCCCCC(=O)OC(COC(=O)CCCCCCCCCCCCCCCCCCCCCCCCCCCCCCCCCCCCCCCCCC)COP(=O)(O)OCC[N+](C)(C)C. The lowest BCUT2D eigenvalue weighted by Gasteiger charge is -2.24. The summed E-state index contributed by atoms with van der Waals surface area (Å²) in [7, 11) is 1.51. The van der Waals surface area contributed by atoms with Crippen LogP contribution in [-0.2, 0) is 32.7 Å². The number of allylic oxidation sites excluding steroid dienone is 2. The molecule has 0 bridgehead atoms. The highest BCUT2D eigenvalue weighted by atomic mass is 31.2. The van der Waals surface area contributed by atoms with Gasteiger partial charge in [-0.2, -0.15) is 0 Å². The first kappa shape index (κ1) is 97.8. The Labute approximate surface area is 619 Å². The van der Waals surface area contributed by atoms with Crippen LogP contribution in [0.5, 0.6) is 0 Å². The van der Waals surface area contributed by atoms with E-state index in [1.807, 2.05) is 21.1 Å². The van der Waals surface area contributed by atoms with Crippen molar-refractivity contribution in [2.45, 2.75) is 502 Å². The van der Waals surface area contributed by atoms with Gasteiger partial charge in [-0.05, 0) is 38.5 Å². The zero-order valence-electron chi connectivity index (χ0n) is 67.8. The number of phosphoric acid groups is 1. The molecule has 0 saturated heterocycles. The Morgan fingerprint density at radius 3 is 0.747 bits per heavy atom. The molecule has 0 aliphatic rings. The normalized spacial score (nSPS) is 12.9. The van der Waals surface area contributed by atoms with E-state index >= 15 is 0 Å². The average molecular weight is 1420 g/mol. The van der Waals surface area contributed by atoms with E-state index in [0.717, 1.165) is 38.5 Å². The van der Waals surface area contributed by atoms with Gasteiger partial charge in [-0.15, -0.1) is 0 Å². The molecule has 0 aromatic rings. The lowest BCUT2D eigenvalue weighted by Crippen LogP contribution is -2.37. The van der Waals surface area contributed by atoms with Gasteiger partial charge in [0.15, 0.2) is 6.10 Å². The summed E-state index contributed by atoms with van der Waals surface area (Å²) in [6.07, 6.45) is 104. The minimum absolute atomic E-state index is 0.0371. The first-order chi connectivity index (χ1) is 48.5. The van der Waals surface area contributed by atoms with Crippen molar-refractivity contribution in [3.05, 3.63) is 12.2 Å².